The Morgan fingerprint density at radius 2 is 2.38 bits per heavy atom. The van der Waals surface area contributed by atoms with Gasteiger partial charge in [-0.25, -0.2) is 0 Å². The molecule has 0 saturated carbocycles. The second-order valence-corrected chi connectivity index (χ2v) is 4.33. The molecule has 0 saturated heterocycles. The molecule has 5 heteroatoms. The molecule has 2 rings (SSSR count). The van der Waals surface area contributed by atoms with Crippen LogP contribution in [0.4, 0.5) is 0 Å². The van der Waals surface area contributed by atoms with Crippen molar-refractivity contribution in [2.24, 2.45) is 5.73 Å². The summed E-state index contributed by atoms with van der Waals surface area (Å²) in [5, 5.41) is 4.20. The Morgan fingerprint density at radius 1 is 1.56 bits per heavy atom. The number of hydrogen-bond donors (Lipinski definition) is 1. The summed E-state index contributed by atoms with van der Waals surface area (Å²) in [6.07, 6.45) is 5.48. The number of halogens is 1. The lowest BCUT2D eigenvalue weighted by atomic mass is 10.1. The van der Waals surface area contributed by atoms with Crippen molar-refractivity contribution in [3.8, 4) is 0 Å². The molecule has 0 bridgehead atoms. The molecule has 1 atom stereocenters. The maximum absolute atomic E-state index is 6.14. The zero-order valence-corrected chi connectivity index (χ0v) is 10.6. The van der Waals surface area contributed by atoms with Gasteiger partial charge in [-0.15, -0.1) is 0 Å². The highest BCUT2D eigenvalue weighted by atomic mass is 79.9. The zero-order valence-electron chi connectivity index (χ0n) is 8.97. The fraction of sp³-hybridized carbons (Fsp3) is 0.273. The molecule has 0 spiro atoms. The minimum Gasteiger partial charge on any atom is -0.319 e. The molecule has 2 aromatic rings. The van der Waals surface area contributed by atoms with Gasteiger partial charge in [-0.2, -0.15) is 5.10 Å². The van der Waals surface area contributed by atoms with E-state index in [-0.39, 0.29) is 6.04 Å². The molecule has 1 unspecified atom stereocenters. The third-order valence-electron chi connectivity index (χ3n) is 2.42. The van der Waals surface area contributed by atoms with E-state index in [1.165, 1.54) is 0 Å². The van der Waals surface area contributed by atoms with Crippen LogP contribution in [0.1, 0.15) is 24.2 Å². The normalized spacial score (nSPS) is 12.7. The number of pyridine rings is 1. The van der Waals surface area contributed by atoms with Gasteiger partial charge in [-0.3, -0.25) is 9.67 Å². The van der Waals surface area contributed by atoms with Gasteiger partial charge in [0.15, 0.2) is 0 Å². The molecule has 0 aliphatic carbocycles. The van der Waals surface area contributed by atoms with Crippen molar-refractivity contribution in [3.05, 3.63) is 46.5 Å². The summed E-state index contributed by atoms with van der Waals surface area (Å²) < 4.78 is 2.78. The van der Waals surface area contributed by atoms with Crippen molar-refractivity contribution in [1.82, 2.24) is 14.8 Å². The molecule has 2 aromatic heterocycles. The summed E-state index contributed by atoms with van der Waals surface area (Å²) in [5.41, 5.74) is 7.94. The first-order valence-electron chi connectivity index (χ1n) is 5.10. The molecule has 0 amide bonds. The van der Waals surface area contributed by atoms with Crippen molar-refractivity contribution in [1.29, 1.82) is 0 Å². The fourth-order valence-electron chi connectivity index (χ4n) is 1.50. The number of hydrogen-bond acceptors (Lipinski definition) is 3. The van der Waals surface area contributed by atoms with E-state index in [2.05, 4.69) is 26.0 Å². The number of nitrogens with zero attached hydrogens (tertiary/aromatic N) is 3. The van der Waals surface area contributed by atoms with Crippen molar-refractivity contribution >= 4 is 15.9 Å². The van der Waals surface area contributed by atoms with Gasteiger partial charge in [-0.1, -0.05) is 0 Å². The number of aryl methyl sites for hydroxylation is 1. The summed E-state index contributed by atoms with van der Waals surface area (Å²) in [7, 11) is 0. The topological polar surface area (TPSA) is 56.7 Å². The van der Waals surface area contributed by atoms with Gasteiger partial charge in [0.1, 0.15) is 0 Å². The SMILES string of the molecule is CCn1cc(C(N)c2ncccc2Br)cn1. The summed E-state index contributed by atoms with van der Waals surface area (Å²) in [6.45, 7) is 2.88. The summed E-state index contributed by atoms with van der Waals surface area (Å²) in [5.74, 6) is 0. The average Bonchev–Trinajstić information content (AvgIpc) is 2.77. The molecule has 0 aromatic carbocycles. The zero-order chi connectivity index (χ0) is 11.5. The average molecular weight is 281 g/mol. The van der Waals surface area contributed by atoms with Crippen LogP contribution in [0.25, 0.3) is 0 Å². The Morgan fingerprint density at radius 3 is 3.00 bits per heavy atom. The molecule has 0 aliphatic rings. The highest BCUT2D eigenvalue weighted by Gasteiger charge is 2.14. The van der Waals surface area contributed by atoms with Crippen LogP contribution in [0, 0.1) is 0 Å². The van der Waals surface area contributed by atoms with E-state index in [0.717, 1.165) is 22.3 Å². The second kappa shape index (κ2) is 4.76. The minimum atomic E-state index is -0.240. The molecule has 2 N–H and O–H groups in total. The Labute approximate surface area is 103 Å². The van der Waals surface area contributed by atoms with Gasteiger partial charge in [0, 0.05) is 29.0 Å². The lowest BCUT2D eigenvalue weighted by Crippen LogP contribution is -2.13. The van der Waals surface area contributed by atoms with Crippen LogP contribution < -0.4 is 5.73 Å². The molecule has 84 valence electrons. The first-order valence-corrected chi connectivity index (χ1v) is 5.90. The summed E-state index contributed by atoms with van der Waals surface area (Å²) >= 11 is 3.45. The summed E-state index contributed by atoms with van der Waals surface area (Å²) in [6, 6.07) is 3.57. The van der Waals surface area contributed by atoms with Crippen LogP contribution in [-0.4, -0.2) is 14.8 Å². The van der Waals surface area contributed by atoms with Crippen molar-refractivity contribution < 1.29 is 0 Å². The molecule has 0 fully saturated rings. The number of nitrogens with two attached hydrogens (primary N) is 1. The van der Waals surface area contributed by atoms with E-state index in [1.54, 1.807) is 12.4 Å². The maximum atomic E-state index is 6.14. The second-order valence-electron chi connectivity index (χ2n) is 3.48. The molecule has 2 heterocycles. The Bertz CT molecular complexity index is 480. The quantitative estimate of drug-likeness (QED) is 0.937. The third kappa shape index (κ3) is 2.15. The monoisotopic (exact) mass is 280 g/mol. The van der Waals surface area contributed by atoms with Crippen molar-refractivity contribution in [2.45, 2.75) is 19.5 Å². The van der Waals surface area contributed by atoms with Gasteiger partial charge in [0.2, 0.25) is 0 Å². The van der Waals surface area contributed by atoms with Gasteiger partial charge >= 0.3 is 0 Å². The van der Waals surface area contributed by atoms with Crippen molar-refractivity contribution in [2.75, 3.05) is 0 Å². The first-order chi connectivity index (χ1) is 7.72. The molecular formula is C11H13BrN4. The molecular weight excluding hydrogens is 268 g/mol. The predicted molar refractivity (Wildman–Crippen MR) is 65.9 cm³/mol. The number of aromatic nitrogens is 3. The minimum absolute atomic E-state index is 0.240. The highest BCUT2D eigenvalue weighted by Crippen LogP contribution is 2.23. The van der Waals surface area contributed by atoms with E-state index in [9.17, 15) is 0 Å². The van der Waals surface area contributed by atoms with E-state index >= 15 is 0 Å². The van der Waals surface area contributed by atoms with Crippen LogP contribution in [-0.2, 0) is 6.54 Å². The highest BCUT2D eigenvalue weighted by molar-refractivity contribution is 9.10. The maximum Gasteiger partial charge on any atom is 0.0768 e. The van der Waals surface area contributed by atoms with E-state index < -0.39 is 0 Å². The number of rotatable bonds is 3. The van der Waals surface area contributed by atoms with Gasteiger partial charge < -0.3 is 5.73 Å². The van der Waals surface area contributed by atoms with Crippen molar-refractivity contribution in [3.63, 3.8) is 0 Å². The van der Waals surface area contributed by atoms with E-state index in [4.69, 9.17) is 5.73 Å². The van der Waals surface area contributed by atoms with E-state index in [0.29, 0.717) is 0 Å². The van der Waals surface area contributed by atoms with Gasteiger partial charge in [0.25, 0.3) is 0 Å². The van der Waals surface area contributed by atoms with Gasteiger partial charge in [0.05, 0.1) is 17.9 Å². The largest absolute Gasteiger partial charge is 0.319 e. The van der Waals surface area contributed by atoms with Crippen LogP contribution in [0.3, 0.4) is 0 Å². The lowest BCUT2D eigenvalue weighted by Gasteiger charge is -2.10. The third-order valence-corrected chi connectivity index (χ3v) is 3.09. The smallest absolute Gasteiger partial charge is 0.0768 e. The molecule has 0 aliphatic heterocycles. The van der Waals surface area contributed by atoms with E-state index in [1.807, 2.05) is 29.9 Å². The predicted octanol–water partition coefficient (Wildman–Crippen LogP) is 2.11. The molecule has 0 radical (unpaired) electrons. The van der Waals surface area contributed by atoms with Gasteiger partial charge in [-0.05, 0) is 35.0 Å². The first kappa shape index (κ1) is 11.3. The Hall–Kier alpha value is -1.20. The summed E-state index contributed by atoms with van der Waals surface area (Å²) in [4.78, 5) is 4.28. The molecule has 16 heavy (non-hydrogen) atoms. The lowest BCUT2D eigenvalue weighted by molar-refractivity contribution is 0.658. The Balaban J connectivity index is 2.31. The van der Waals surface area contributed by atoms with Crippen LogP contribution in [0.15, 0.2) is 35.2 Å². The van der Waals surface area contributed by atoms with Crippen LogP contribution in [0.2, 0.25) is 0 Å². The fourth-order valence-corrected chi connectivity index (χ4v) is 2.00. The Kier molecular flexibility index (Phi) is 3.36. The van der Waals surface area contributed by atoms with Crippen LogP contribution >= 0.6 is 15.9 Å². The standard InChI is InChI=1S/C11H13BrN4/c1-2-16-7-8(6-15-16)10(13)11-9(12)4-3-5-14-11/h3-7,10H,2,13H2,1H3. The molecule has 4 nitrogen and oxygen atoms in total. The van der Waals surface area contributed by atoms with Crippen LogP contribution in [0.5, 0.6) is 0 Å².